The number of para-hydroxylation sites is 1. The Morgan fingerprint density at radius 3 is 2.48 bits per heavy atom. The van der Waals surface area contributed by atoms with Crippen molar-refractivity contribution in [1.29, 1.82) is 0 Å². The maximum absolute atomic E-state index is 12.5. The number of hydrogen-bond donors (Lipinski definition) is 1. The zero-order chi connectivity index (χ0) is 16.2. The number of nitrogens with zero attached hydrogens (tertiary/aromatic N) is 1. The number of ether oxygens (including phenoxy) is 1. The lowest BCUT2D eigenvalue weighted by Crippen LogP contribution is -2.29. The molecule has 1 aliphatic rings. The van der Waals surface area contributed by atoms with Gasteiger partial charge in [-0.1, -0.05) is 24.3 Å². The third kappa shape index (κ3) is 3.51. The average molecular weight is 311 g/mol. The largest absolute Gasteiger partial charge is 0.481 e. The second kappa shape index (κ2) is 6.52. The Kier molecular flexibility index (Phi) is 4.28. The van der Waals surface area contributed by atoms with E-state index in [0.29, 0.717) is 30.0 Å². The quantitative estimate of drug-likeness (QED) is 0.942. The van der Waals surface area contributed by atoms with E-state index in [1.165, 1.54) is 0 Å². The van der Waals surface area contributed by atoms with E-state index in [1.807, 2.05) is 30.3 Å². The maximum Gasteiger partial charge on any atom is 0.308 e. The smallest absolute Gasteiger partial charge is 0.308 e. The molecule has 5 heteroatoms. The maximum atomic E-state index is 12.5. The molecule has 1 amide bonds. The van der Waals surface area contributed by atoms with E-state index in [0.717, 1.165) is 0 Å². The summed E-state index contributed by atoms with van der Waals surface area (Å²) >= 11 is 0. The van der Waals surface area contributed by atoms with Gasteiger partial charge in [0.25, 0.3) is 5.91 Å². The van der Waals surface area contributed by atoms with Gasteiger partial charge >= 0.3 is 5.97 Å². The minimum Gasteiger partial charge on any atom is -0.481 e. The van der Waals surface area contributed by atoms with Crippen molar-refractivity contribution in [3.63, 3.8) is 0 Å². The monoisotopic (exact) mass is 311 g/mol. The normalized spacial score (nSPS) is 17.0. The van der Waals surface area contributed by atoms with Crippen LogP contribution in [0.1, 0.15) is 16.8 Å². The van der Waals surface area contributed by atoms with Gasteiger partial charge in [0, 0.05) is 18.7 Å². The number of carboxylic acids is 1. The van der Waals surface area contributed by atoms with Crippen LogP contribution in [-0.4, -0.2) is 35.0 Å². The minimum atomic E-state index is -0.846. The number of aliphatic carboxylic acids is 1. The molecule has 3 rings (SSSR count). The molecule has 118 valence electrons. The van der Waals surface area contributed by atoms with Gasteiger partial charge in [0.15, 0.2) is 0 Å². The van der Waals surface area contributed by atoms with Crippen molar-refractivity contribution in [1.82, 2.24) is 4.90 Å². The summed E-state index contributed by atoms with van der Waals surface area (Å²) in [5.74, 6) is -0.198. The molecule has 1 fully saturated rings. The van der Waals surface area contributed by atoms with Gasteiger partial charge in [-0.25, -0.2) is 0 Å². The highest BCUT2D eigenvalue weighted by atomic mass is 16.5. The fourth-order valence-electron chi connectivity index (χ4n) is 2.65. The Labute approximate surface area is 134 Å². The summed E-state index contributed by atoms with van der Waals surface area (Å²) < 4.78 is 5.73. The van der Waals surface area contributed by atoms with Crippen LogP contribution in [0.25, 0.3) is 0 Å². The zero-order valence-corrected chi connectivity index (χ0v) is 12.5. The molecular formula is C18H17NO4. The van der Waals surface area contributed by atoms with Crippen LogP contribution in [-0.2, 0) is 4.79 Å². The van der Waals surface area contributed by atoms with E-state index in [9.17, 15) is 9.59 Å². The molecule has 1 unspecified atom stereocenters. The van der Waals surface area contributed by atoms with E-state index in [1.54, 1.807) is 29.2 Å². The molecule has 1 atom stereocenters. The number of carboxylic acid groups (broad SMARTS) is 1. The minimum absolute atomic E-state index is 0.160. The molecule has 2 aromatic rings. The van der Waals surface area contributed by atoms with E-state index in [4.69, 9.17) is 9.84 Å². The molecule has 1 heterocycles. The van der Waals surface area contributed by atoms with Crippen LogP contribution in [0.2, 0.25) is 0 Å². The molecular weight excluding hydrogens is 294 g/mol. The SMILES string of the molecule is O=C(O)C1CCN(C(=O)c2cccc(Oc3ccccc3)c2)C1. The Morgan fingerprint density at radius 2 is 1.78 bits per heavy atom. The molecule has 1 aliphatic heterocycles. The molecule has 5 nitrogen and oxygen atoms in total. The summed E-state index contributed by atoms with van der Waals surface area (Å²) in [7, 11) is 0. The lowest BCUT2D eigenvalue weighted by Gasteiger charge is -2.16. The van der Waals surface area contributed by atoms with Gasteiger partial charge in [-0.2, -0.15) is 0 Å². The molecule has 0 aliphatic carbocycles. The van der Waals surface area contributed by atoms with E-state index in [2.05, 4.69) is 0 Å². The van der Waals surface area contributed by atoms with Crippen molar-refractivity contribution < 1.29 is 19.4 Å². The lowest BCUT2D eigenvalue weighted by atomic mass is 10.1. The van der Waals surface area contributed by atoms with E-state index in [-0.39, 0.29) is 12.5 Å². The first-order valence-corrected chi connectivity index (χ1v) is 7.48. The number of carbonyl (C=O) groups is 2. The van der Waals surface area contributed by atoms with Crippen LogP contribution in [0, 0.1) is 5.92 Å². The van der Waals surface area contributed by atoms with Crippen molar-refractivity contribution in [2.24, 2.45) is 5.92 Å². The van der Waals surface area contributed by atoms with E-state index < -0.39 is 11.9 Å². The first-order chi connectivity index (χ1) is 11.1. The number of amides is 1. The first-order valence-electron chi connectivity index (χ1n) is 7.48. The standard InChI is InChI=1S/C18H17NO4/c20-17(19-10-9-14(12-19)18(21)22)13-5-4-8-16(11-13)23-15-6-2-1-3-7-15/h1-8,11,14H,9-10,12H2,(H,21,22). The number of hydrogen-bond acceptors (Lipinski definition) is 3. The highest BCUT2D eigenvalue weighted by Crippen LogP contribution is 2.24. The molecule has 0 bridgehead atoms. The highest BCUT2D eigenvalue weighted by Gasteiger charge is 2.31. The Balaban J connectivity index is 1.72. The third-order valence-electron chi connectivity index (χ3n) is 3.88. The van der Waals surface area contributed by atoms with E-state index >= 15 is 0 Å². The van der Waals surface area contributed by atoms with Crippen LogP contribution in [0.15, 0.2) is 54.6 Å². The third-order valence-corrected chi connectivity index (χ3v) is 3.88. The Morgan fingerprint density at radius 1 is 1.04 bits per heavy atom. The topological polar surface area (TPSA) is 66.8 Å². The number of benzene rings is 2. The van der Waals surface area contributed by atoms with Crippen molar-refractivity contribution in [2.45, 2.75) is 6.42 Å². The number of likely N-dealkylation sites (tertiary alicyclic amines) is 1. The second-order valence-corrected chi connectivity index (χ2v) is 5.52. The van der Waals surface area contributed by atoms with Gasteiger partial charge in [-0.15, -0.1) is 0 Å². The van der Waals surface area contributed by atoms with Crippen LogP contribution < -0.4 is 4.74 Å². The van der Waals surface area contributed by atoms with Crippen LogP contribution in [0.3, 0.4) is 0 Å². The molecule has 23 heavy (non-hydrogen) atoms. The summed E-state index contributed by atoms with van der Waals surface area (Å²) in [5, 5.41) is 9.03. The van der Waals surface area contributed by atoms with Gasteiger partial charge in [0.2, 0.25) is 0 Å². The molecule has 2 aromatic carbocycles. The molecule has 1 N–H and O–H groups in total. The highest BCUT2D eigenvalue weighted by molar-refractivity contribution is 5.95. The van der Waals surface area contributed by atoms with Crippen molar-refractivity contribution in [2.75, 3.05) is 13.1 Å². The van der Waals surface area contributed by atoms with Gasteiger partial charge in [-0.3, -0.25) is 9.59 Å². The number of carbonyl (C=O) groups excluding carboxylic acids is 1. The zero-order valence-electron chi connectivity index (χ0n) is 12.5. The van der Waals surface area contributed by atoms with Crippen LogP contribution >= 0.6 is 0 Å². The fourth-order valence-corrected chi connectivity index (χ4v) is 2.65. The molecule has 1 saturated heterocycles. The van der Waals surface area contributed by atoms with Crippen molar-refractivity contribution in [3.05, 3.63) is 60.2 Å². The summed E-state index contributed by atoms with van der Waals surface area (Å²) in [6.07, 6.45) is 0.501. The van der Waals surface area contributed by atoms with Gasteiger partial charge in [-0.05, 0) is 36.8 Å². The van der Waals surface area contributed by atoms with Crippen LogP contribution in [0.4, 0.5) is 0 Å². The van der Waals surface area contributed by atoms with Gasteiger partial charge in [0.05, 0.1) is 5.92 Å². The Bertz CT molecular complexity index is 714. The van der Waals surface area contributed by atoms with Gasteiger partial charge in [0.1, 0.15) is 11.5 Å². The molecule has 0 saturated carbocycles. The van der Waals surface area contributed by atoms with Crippen LogP contribution in [0.5, 0.6) is 11.5 Å². The average Bonchev–Trinajstić information content (AvgIpc) is 3.06. The van der Waals surface area contributed by atoms with Crippen molar-refractivity contribution in [3.8, 4) is 11.5 Å². The summed E-state index contributed by atoms with van der Waals surface area (Å²) in [5.41, 5.74) is 0.504. The van der Waals surface area contributed by atoms with Gasteiger partial charge < -0.3 is 14.7 Å². The second-order valence-electron chi connectivity index (χ2n) is 5.52. The Hall–Kier alpha value is -2.82. The van der Waals surface area contributed by atoms with Crippen molar-refractivity contribution >= 4 is 11.9 Å². The predicted molar refractivity (Wildman–Crippen MR) is 84.6 cm³/mol. The molecule has 0 aromatic heterocycles. The number of rotatable bonds is 4. The summed E-state index contributed by atoms with van der Waals surface area (Å²) in [6.45, 7) is 0.734. The summed E-state index contributed by atoms with van der Waals surface area (Å²) in [6, 6.07) is 16.3. The fraction of sp³-hybridized carbons (Fsp3) is 0.222. The molecule has 0 spiro atoms. The molecule has 0 radical (unpaired) electrons. The predicted octanol–water partition coefficient (Wildman–Crippen LogP) is 3.03. The lowest BCUT2D eigenvalue weighted by molar-refractivity contribution is -0.141. The summed E-state index contributed by atoms with van der Waals surface area (Å²) in [4.78, 5) is 25.1. The first kappa shape index (κ1) is 15.1.